The first-order valence-electron chi connectivity index (χ1n) is 8.04. The van der Waals surface area contributed by atoms with E-state index in [1.165, 1.54) is 19.3 Å². The minimum absolute atomic E-state index is 0.449. The Kier molecular flexibility index (Phi) is 5.39. The molecule has 0 atom stereocenters. The van der Waals surface area contributed by atoms with Gasteiger partial charge in [-0.1, -0.05) is 13.8 Å². The molecule has 0 bridgehead atoms. The molecular formula is C16H28N4O. The topological polar surface area (TPSA) is 50.3 Å². The Hall–Kier alpha value is -1.36. The van der Waals surface area contributed by atoms with E-state index in [0.29, 0.717) is 18.6 Å². The van der Waals surface area contributed by atoms with Crippen molar-refractivity contribution in [3.8, 4) is 0 Å². The lowest BCUT2D eigenvalue weighted by atomic mass is 9.82. The van der Waals surface area contributed by atoms with Gasteiger partial charge in [0.1, 0.15) is 18.2 Å². The molecule has 21 heavy (non-hydrogen) atoms. The molecule has 0 aliphatic carbocycles. The summed E-state index contributed by atoms with van der Waals surface area (Å²) in [4.78, 5) is 11.5. The molecule has 0 aromatic carbocycles. The van der Waals surface area contributed by atoms with Crippen molar-refractivity contribution in [1.82, 2.24) is 9.97 Å². The monoisotopic (exact) mass is 292 g/mol. The van der Waals surface area contributed by atoms with E-state index in [0.717, 1.165) is 30.5 Å². The number of ether oxygens (including phenoxy) is 1. The molecule has 0 radical (unpaired) electrons. The van der Waals surface area contributed by atoms with Gasteiger partial charge in [-0.3, -0.25) is 0 Å². The maximum atomic E-state index is 5.45. The number of aromatic nitrogens is 2. The Morgan fingerprint density at radius 1 is 1.29 bits per heavy atom. The maximum absolute atomic E-state index is 5.45. The predicted molar refractivity (Wildman–Crippen MR) is 86.8 cm³/mol. The van der Waals surface area contributed by atoms with Gasteiger partial charge in [0.25, 0.3) is 0 Å². The summed E-state index contributed by atoms with van der Waals surface area (Å²) >= 11 is 0. The second-order valence-corrected chi connectivity index (χ2v) is 5.79. The van der Waals surface area contributed by atoms with E-state index >= 15 is 0 Å². The first kappa shape index (κ1) is 16.0. The van der Waals surface area contributed by atoms with Gasteiger partial charge < -0.3 is 15.0 Å². The molecule has 0 spiro atoms. The van der Waals surface area contributed by atoms with Gasteiger partial charge in [-0.05, 0) is 31.6 Å². The van der Waals surface area contributed by atoms with E-state index in [1.807, 2.05) is 20.0 Å². The van der Waals surface area contributed by atoms with Crippen molar-refractivity contribution in [3.63, 3.8) is 0 Å². The van der Waals surface area contributed by atoms with Crippen LogP contribution >= 0.6 is 0 Å². The average molecular weight is 292 g/mol. The van der Waals surface area contributed by atoms with E-state index < -0.39 is 0 Å². The molecule has 1 aromatic heterocycles. The third-order valence-electron chi connectivity index (χ3n) is 4.71. The fourth-order valence-corrected chi connectivity index (χ4v) is 2.99. The smallest absolute Gasteiger partial charge is 0.158 e. The van der Waals surface area contributed by atoms with E-state index in [1.54, 1.807) is 0 Å². The zero-order valence-electron chi connectivity index (χ0n) is 13.8. The molecule has 1 saturated heterocycles. The Bertz CT molecular complexity index is 460. The number of hydrogen-bond donors (Lipinski definition) is 1. The van der Waals surface area contributed by atoms with Crippen molar-refractivity contribution in [2.45, 2.75) is 46.6 Å². The van der Waals surface area contributed by atoms with Crippen LogP contribution in [0.4, 0.5) is 11.6 Å². The highest BCUT2D eigenvalue weighted by Crippen LogP contribution is 2.38. The lowest BCUT2D eigenvalue weighted by molar-refractivity contribution is 0.128. The van der Waals surface area contributed by atoms with Crippen LogP contribution < -0.4 is 10.2 Å². The van der Waals surface area contributed by atoms with Crippen LogP contribution in [0.25, 0.3) is 0 Å². The van der Waals surface area contributed by atoms with Gasteiger partial charge in [0.05, 0.1) is 0 Å². The molecule has 1 aromatic rings. The van der Waals surface area contributed by atoms with Gasteiger partial charge in [0.2, 0.25) is 0 Å². The summed E-state index contributed by atoms with van der Waals surface area (Å²) in [6.07, 6.45) is 3.71. The van der Waals surface area contributed by atoms with E-state index in [2.05, 4.69) is 34.0 Å². The number of anilines is 2. The second-order valence-electron chi connectivity index (χ2n) is 5.79. The zero-order chi connectivity index (χ0) is 15.3. The Morgan fingerprint density at radius 2 is 2.05 bits per heavy atom. The van der Waals surface area contributed by atoms with Crippen molar-refractivity contribution in [1.29, 1.82) is 0 Å². The van der Waals surface area contributed by atoms with Crippen molar-refractivity contribution in [2.75, 3.05) is 37.0 Å². The van der Waals surface area contributed by atoms with Crippen LogP contribution in [0.2, 0.25) is 0 Å². The molecule has 5 heteroatoms. The fourth-order valence-electron chi connectivity index (χ4n) is 2.99. The summed E-state index contributed by atoms with van der Waals surface area (Å²) in [7, 11) is 1.89. The highest BCUT2D eigenvalue weighted by molar-refractivity contribution is 5.50. The van der Waals surface area contributed by atoms with Gasteiger partial charge in [0, 0.05) is 32.8 Å². The van der Waals surface area contributed by atoms with Crippen LogP contribution in [0.5, 0.6) is 0 Å². The molecule has 1 aliphatic rings. The second kappa shape index (κ2) is 7.07. The molecule has 1 fully saturated rings. The third-order valence-corrected chi connectivity index (χ3v) is 4.71. The van der Waals surface area contributed by atoms with Crippen LogP contribution in [0, 0.1) is 5.41 Å². The summed E-state index contributed by atoms with van der Waals surface area (Å²) in [6.45, 7) is 9.91. The molecule has 1 N–H and O–H groups in total. The number of rotatable bonds is 7. The molecule has 0 unspecified atom stereocenters. The molecule has 1 aliphatic heterocycles. The maximum Gasteiger partial charge on any atom is 0.158 e. The van der Waals surface area contributed by atoms with Crippen LogP contribution in [-0.2, 0) is 11.3 Å². The predicted octanol–water partition coefficient (Wildman–Crippen LogP) is 3.07. The summed E-state index contributed by atoms with van der Waals surface area (Å²) in [5.41, 5.74) is 0.449. The van der Waals surface area contributed by atoms with Crippen molar-refractivity contribution in [3.05, 3.63) is 11.9 Å². The molecule has 2 rings (SSSR count). The lowest BCUT2D eigenvalue weighted by Crippen LogP contribution is -2.27. The first-order valence-corrected chi connectivity index (χ1v) is 8.04. The van der Waals surface area contributed by atoms with Gasteiger partial charge in [0.15, 0.2) is 5.82 Å². The molecule has 0 amide bonds. The molecule has 0 saturated carbocycles. The zero-order valence-corrected chi connectivity index (χ0v) is 13.8. The minimum atomic E-state index is 0.449. The molecule has 118 valence electrons. The lowest BCUT2D eigenvalue weighted by Gasteiger charge is -2.27. The van der Waals surface area contributed by atoms with E-state index in [4.69, 9.17) is 4.74 Å². The largest absolute Gasteiger partial charge is 0.374 e. The number of nitrogens with zero attached hydrogens (tertiary/aromatic N) is 3. The quantitative estimate of drug-likeness (QED) is 0.837. The van der Waals surface area contributed by atoms with Gasteiger partial charge in [-0.25, -0.2) is 9.97 Å². The summed E-state index contributed by atoms with van der Waals surface area (Å²) in [5, 5.41) is 3.12. The fraction of sp³-hybridized carbons (Fsp3) is 0.750. The average Bonchev–Trinajstić information content (AvgIpc) is 2.98. The summed E-state index contributed by atoms with van der Waals surface area (Å²) in [5.74, 6) is 2.64. The van der Waals surface area contributed by atoms with Crippen molar-refractivity contribution < 1.29 is 4.74 Å². The molecule has 2 heterocycles. The summed E-state index contributed by atoms with van der Waals surface area (Å²) < 4.78 is 5.45. The van der Waals surface area contributed by atoms with Crippen LogP contribution in [0.15, 0.2) is 6.07 Å². The van der Waals surface area contributed by atoms with Gasteiger partial charge in [-0.2, -0.15) is 0 Å². The van der Waals surface area contributed by atoms with Crippen molar-refractivity contribution >= 4 is 11.6 Å². The first-order chi connectivity index (χ1) is 10.2. The number of hydrogen-bond acceptors (Lipinski definition) is 5. The summed E-state index contributed by atoms with van der Waals surface area (Å²) in [6, 6.07) is 2.04. The Labute approximate surface area is 128 Å². The molecular weight excluding hydrogens is 264 g/mol. The van der Waals surface area contributed by atoms with Crippen molar-refractivity contribution in [2.24, 2.45) is 5.41 Å². The molecule has 5 nitrogen and oxygen atoms in total. The van der Waals surface area contributed by atoms with E-state index in [-0.39, 0.29) is 0 Å². The van der Waals surface area contributed by atoms with Gasteiger partial charge >= 0.3 is 0 Å². The minimum Gasteiger partial charge on any atom is -0.374 e. The standard InChI is InChI=1S/C16H28N4O/c1-5-16(6-2)8-9-20(12-16)15-10-13(17-4)18-14(19-15)11-21-7-3/h10H,5-9,11-12H2,1-4H3,(H,17,18,19). The highest BCUT2D eigenvalue weighted by atomic mass is 16.5. The normalized spacial score (nSPS) is 17.2. The van der Waals surface area contributed by atoms with Gasteiger partial charge in [-0.15, -0.1) is 0 Å². The van der Waals surface area contributed by atoms with Crippen LogP contribution in [-0.4, -0.2) is 36.7 Å². The number of nitrogens with one attached hydrogen (secondary N) is 1. The van der Waals surface area contributed by atoms with E-state index in [9.17, 15) is 0 Å². The SMILES string of the molecule is CCOCc1nc(NC)cc(N2CCC(CC)(CC)C2)n1. The Balaban J connectivity index is 2.19. The Morgan fingerprint density at radius 3 is 2.62 bits per heavy atom. The van der Waals surface area contributed by atoms with Crippen LogP contribution in [0.3, 0.4) is 0 Å². The highest BCUT2D eigenvalue weighted by Gasteiger charge is 2.35. The van der Waals surface area contributed by atoms with Crippen LogP contribution in [0.1, 0.15) is 45.9 Å². The third kappa shape index (κ3) is 3.64.